The number of carbonyl (C=O) groups excluding carboxylic acids is 1. The first-order valence-corrected chi connectivity index (χ1v) is 12.4. The van der Waals surface area contributed by atoms with E-state index in [4.69, 9.17) is 4.74 Å². The van der Waals surface area contributed by atoms with Crippen molar-refractivity contribution in [3.05, 3.63) is 23.8 Å². The summed E-state index contributed by atoms with van der Waals surface area (Å²) in [7, 11) is 0.453. The lowest BCUT2D eigenvalue weighted by atomic mass is 10.1. The molecule has 2 fully saturated rings. The summed E-state index contributed by atoms with van der Waals surface area (Å²) in [5.41, 5.74) is 1.78. The maximum absolute atomic E-state index is 12.1. The molecular formula is C17H25NO2SSi. The van der Waals surface area contributed by atoms with Gasteiger partial charge >= 0.3 is 5.97 Å². The molecule has 0 aromatic heterocycles. The second kappa shape index (κ2) is 6.28. The van der Waals surface area contributed by atoms with Crippen LogP contribution in [0.3, 0.4) is 0 Å². The van der Waals surface area contributed by atoms with Crippen LogP contribution in [0.5, 0.6) is 0 Å². The highest BCUT2D eigenvalue weighted by molar-refractivity contribution is 8.00. The molecule has 0 atom stereocenters. The molecule has 3 nitrogen and oxygen atoms in total. The minimum absolute atomic E-state index is 0.222. The average molecular weight is 336 g/mol. The van der Waals surface area contributed by atoms with Crippen molar-refractivity contribution < 1.29 is 9.53 Å². The molecule has 3 rings (SSSR count). The highest BCUT2D eigenvalue weighted by Gasteiger charge is 2.30. The number of benzene rings is 1. The third-order valence-corrected chi connectivity index (χ3v) is 9.14. The van der Waals surface area contributed by atoms with Gasteiger partial charge in [0.05, 0.1) is 26.4 Å². The fourth-order valence-electron chi connectivity index (χ4n) is 2.86. The zero-order valence-electron chi connectivity index (χ0n) is 13.7. The van der Waals surface area contributed by atoms with Gasteiger partial charge in [0.25, 0.3) is 0 Å². The van der Waals surface area contributed by atoms with Crippen molar-refractivity contribution >= 4 is 31.5 Å². The Kier molecular flexibility index (Phi) is 4.55. The van der Waals surface area contributed by atoms with E-state index in [0.717, 1.165) is 24.0 Å². The van der Waals surface area contributed by atoms with Crippen molar-refractivity contribution in [2.24, 2.45) is 0 Å². The molecule has 0 N–H and O–H groups in total. The Bertz CT molecular complexity index is 562. The van der Waals surface area contributed by atoms with Crippen LogP contribution in [0.2, 0.25) is 25.2 Å². The van der Waals surface area contributed by atoms with Gasteiger partial charge in [0.2, 0.25) is 0 Å². The highest BCUT2D eigenvalue weighted by atomic mass is 32.2. The number of hydrogen-bond acceptors (Lipinski definition) is 4. The predicted molar refractivity (Wildman–Crippen MR) is 96.0 cm³/mol. The summed E-state index contributed by atoms with van der Waals surface area (Å²) in [5.74, 6) is -0.222. The Morgan fingerprint density at radius 3 is 2.55 bits per heavy atom. The van der Waals surface area contributed by atoms with Crippen LogP contribution in [0.25, 0.3) is 0 Å². The summed E-state index contributed by atoms with van der Waals surface area (Å²) in [4.78, 5) is 15.8. The predicted octanol–water partition coefficient (Wildman–Crippen LogP) is 4.26. The van der Waals surface area contributed by atoms with Crippen LogP contribution in [0.15, 0.2) is 23.1 Å². The van der Waals surface area contributed by atoms with Gasteiger partial charge in [-0.15, -0.1) is 11.8 Å². The molecule has 1 saturated heterocycles. The molecule has 2 aliphatic rings. The summed E-state index contributed by atoms with van der Waals surface area (Å²) in [6.07, 6.45) is 2.64. The van der Waals surface area contributed by atoms with Crippen LogP contribution in [-0.4, -0.2) is 39.5 Å². The van der Waals surface area contributed by atoms with Gasteiger partial charge in [0.15, 0.2) is 0 Å². The van der Waals surface area contributed by atoms with Crippen molar-refractivity contribution in [2.75, 3.05) is 25.1 Å². The van der Waals surface area contributed by atoms with E-state index in [1.165, 1.54) is 36.9 Å². The van der Waals surface area contributed by atoms with Crippen LogP contribution in [-0.2, 0) is 4.74 Å². The maximum atomic E-state index is 12.1. The summed E-state index contributed by atoms with van der Waals surface area (Å²) in [6, 6.07) is 8.82. The van der Waals surface area contributed by atoms with Gasteiger partial charge in [-0.25, -0.2) is 4.79 Å². The van der Waals surface area contributed by atoms with Gasteiger partial charge in [0.1, 0.15) is 0 Å². The molecule has 120 valence electrons. The molecule has 0 radical (unpaired) electrons. The molecule has 0 spiro atoms. The van der Waals surface area contributed by atoms with Crippen LogP contribution in [0.4, 0.5) is 5.69 Å². The van der Waals surface area contributed by atoms with Crippen LogP contribution >= 0.6 is 11.8 Å². The van der Waals surface area contributed by atoms with E-state index in [-0.39, 0.29) is 5.97 Å². The molecular weight excluding hydrogens is 310 g/mol. The van der Waals surface area contributed by atoms with Crippen molar-refractivity contribution in [2.45, 2.75) is 48.2 Å². The zero-order chi connectivity index (χ0) is 15.7. The number of carbonyl (C=O) groups is 1. The van der Waals surface area contributed by atoms with Gasteiger partial charge in [-0.05, 0) is 43.1 Å². The normalized spacial score (nSPS) is 20.8. The largest absolute Gasteiger partial charge is 0.465 e. The summed E-state index contributed by atoms with van der Waals surface area (Å²) >= 11 is 1.95. The lowest BCUT2D eigenvalue weighted by Crippen LogP contribution is -2.43. The van der Waals surface area contributed by atoms with E-state index >= 15 is 0 Å². The van der Waals surface area contributed by atoms with Crippen molar-refractivity contribution in [1.82, 2.24) is 0 Å². The quantitative estimate of drug-likeness (QED) is 0.607. The number of ether oxygens (including phenoxy) is 1. The molecule has 1 aliphatic heterocycles. The lowest BCUT2D eigenvalue weighted by Gasteiger charge is -2.37. The first-order chi connectivity index (χ1) is 10.5. The zero-order valence-corrected chi connectivity index (χ0v) is 15.5. The molecule has 0 amide bonds. The van der Waals surface area contributed by atoms with Gasteiger partial charge < -0.3 is 9.64 Å². The van der Waals surface area contributed by atoms with Gasteiger partial charge in [-0.1, -0.05) is 13.1 Å². The van der Waals surface area contributed by atoms with E-state index in [1.807, 2.05) is 17.8 Å². The van der Waals surface area contributed by atoms with Crippen molar-refractivity contribution in [3.8, 4) is 0 Å². The van der Waals surface area contributed by atoms with E-state index < -0.39 is 8.07 Å². The van der Waals surface area contributed by atoms with Crippen molar-refractivity contribution in [1.29, 1.82) is 0 Å². The minimum atomic E-state index is -1.01. The van der Waals surface area contributed by atoms with Crippen molar-refractivity contribution in [3.63, 3.8) is 0 Å². The number of rotatable bonds is 4. The Labute approximate surface area is 138 Å². The number of esters is 1. The van der Waals surface area contributed by atoms with Crippen LogP contribution in [0.1, 0.15) is 23.2 Å². The molecule has 1 saturated carbocycles. The molecule has 5 heteroatoms. The van der Waals surface area contributed by atoms with Crippen LogP contribution < -0.4 is 4.90 Å². The van der Waals surface area contributed by atoms with Gasteiger partial charge in [-0.2, -0.15) is 0 Å². The van der Waals surface area contributed by atoms with E-state index in [0.29, 0.717) is 5.56 Å². The fraction of sp³-hybridized carbons (Fsp3) is 0.588. The second-order valence-electron chi connectivity index (χ2n) is 7.14. The van der Waals surface area contributed by atoms with Gasteiger partial charge in [-0.3, -0.25) is 0 Å². The third-order valence-electron chi connectivity index (χ3n) is 4.66. The Balaban J connectivity index is 1.86. The number of anilines is 1. The fourth-order valence-corrected chi connectivity index (χ4v) is 5.94. The number of nitrogens with zero attached hydrogens (tertiary/aromatic N) is 1. The highest BCUT2D eigenvalue weighted by Crippen LogP contribution is 2.41. The first-order valence-electron chi connectivity index (χ1n) is 8.12. The molecule has 22 heavy (non-hydrogen) atoms. The van der Waals surface area contributed by atoms with Gasteiger partial charge in [0, 0.05) is 23.2 Å². The van der Waals surface area contributed by atoms with E-state index in [2.05, 4.69) is 30.1 Å². The topological polar surface area (TPSA) is 29.5 Å². The Morgan fingerprint density at radius 1 is 1.27 bits per heavy atom. The average Bonchev–Trinajstić information content (AvgIpc) is 3.30. The Hall–Kier alpha value is -0.943. The minimum Gasteiger partial charge on any atom is -0.465 e. The molecule has 1 aliphatic carbocycles. The molecule has 0 unspecified atom stereocenters. The maximum Gasteiger partial charge on any atom is 0.339 e. The third kappa shape index (κ3) is 3.69. The summed E-state index contributed by atoms with van der Waals surface area (Å²) < 4.78 is 4.98. The molecule has 1 aromatic rings. The smallest absolute Gasteiger partial charge is 0.339 e. The van der Waals surface area contributed by atoms with E-state index in [1.54, 1.807) is 0 Å². The number of hydrogen-bond donors (Lipinski definition) is 0. The molecule has 1 aromatic carbocycles. The number of thioether (sulfide) groups is 1. The first kappa shape index (κ1) is 15.9. The second-order valence-corrected chi connectivity index (χ2v) is 13.8. The van der Waals surface area contributed by atoms with Crippen LogP contribution in [0, 0.1) is 0 Å². The summed E-state index contributed by atoms with van der Waals surface area (Å²) in [5, 5.41) is 0.782. The summed E-state index contributed by atoms with van der Waals surface area (Å²) in [6.45, 7) is 7.07. The standard InChI is InChI=1S/C17H25NO2SSi/c1-20-17(19)15-7-6-14(21-13-4-5-13)12-16(15)18-8-10-22(2,3)11-9-18/h6-7,12-13H,4-5,8-11H2,1-3H3. The Morgan fingerprint density at radius 2 is 1.95 bits per heavy atom. The SMILES string of the molecule is COC(=O)c1ccc(SC2CC2)cc1N1CC[Si](C)(C)CC1. The molecule has 0 bridgehead atoms. The molecule has 1 heterocycles. The van der Waals surface area contributed by atoms with E-state index in [9.17, 15) is 4.79 Å². The number of methoxy groups -OCH3 is 1. The lowest BCUT2D eigenvalue weighted by molar-refractivity contribution is 0.0601. The monoisotopic (exact) mass is 335 g/mol.